The monoisotopic (exact) mass is 393 g/mol. The average Bonchev–Trinajstić information content (AvgIpc) is 3.21. The lowest BCUT2D eigenvalue weighted by Gasteiger charge is -2.12. The highest BCUT2D eigenvalue weighted by molar-refractivity contribution is 5.79. The Morgan fingerprint density at radius 3 is 2.76 bits per heavy atom. The van der Waals surface area contributed by atoms with E-state index in [4.69, 9.17) is 4.99 Å². The van der Waals surface area contributed by atoms with Crippen molar-refractivity contribution in [2.75, 3.05) is 13.1 Å². The van der Waals surface area contributed by atoms with Crippen LogP contribution in [0.25, 0.3) is 0 Å². The molecule has 0 fully saturated rings. The Morgan fingerprint density at radius 2 is 2.00 bits per heavy atom. The third-order valence-electron chi connectivity index (χ3n) is 4.67. The fourth-order valence-electron chi connectivity index (χ4n) is 3.18. The number of guanidine groups is 1. The van der Waals surface area contributed by atoms with Crippen molar-refractivity contribution in [3.8, 4) is 0 Å². The predicted molar refractivity (Wildman–Crippen MR) is 115 cm³/mol. The van der Waals surface area contributed by atoms with Crippen LogP contribution in [0.4, 0.5) is 4.39 Å². The van der Waals surface area contributed by atoms with Gasteiger partial charge < -0.3 is 15.2 Å². The maximum absolute atomic E-state index is 13.2. The van der Waals surface area contributed by atoms with Gasteiger partial charge in [-0.05, 0) is 54.7 Å². The summed E-state index contributed by atoms with van der Waals surface area (Å²) in [6.45, 7) is 6.91. The van der Waals surface area contributed by atoms with Gasteiger partial charge in [-0.2, -0.15) is 0 Å². The van der Waals surface area contributed by atoms with Crippen molar-refractivity contribution in [1.82, 2.24) is 20.2 Å². The zero-order chi connectivity index (χ0) is 20.5. The molecule has 0 amide bonds. The van der Waals surface area contributed by atoms with Gasteiger partial charge in [0.25, 0.3) is 0 Å². The Labute approximate surface area is 171 Å². The summed E-state index contributed by atoms with van der Waals surface area (Å²) in [4.78, 5) is 8.79. The van der Waals surface area contributed by atoms with Gasteiger partial charge in [0.2, 0.25) is 0 Å². The molecule has 3 aromatic rings. The Hall–Kier alpha value is -3.15. The van der Waals surface area contributed by atoms with Gasteiger partial charge in [0.15, 0.2) is 5.96 Å². The van der Waals surface area contributed by atoms with Gasteiger partial charge in [0.1, 0.15) is 5.82 Å². The highest BCUT2D eigenvalue weighted by Crippen LogP contribution is 2.11. The van der Waals surface area contributed by atoms with Crippen LogP contribution in [0.1, 0.15) is 29.2 Å². The zero-order valence-electron chi connectivity index (χ0n) is 17.0. The van der Waals surface area contributed by atoms with Crippen LogP contribution in [-0.4, -0.2) is 28.6 Å². The molecular formula is C23H28FN5. The molecule has 0 aliphatic heterocycles. The van der Waals surface area contributed by atoms with Gasteiger partial charge in [-0.25, -0.2) is 14.4 Å². The maximum atomic E-state index is 13.2. The predicted octanol–water partition coefficient (Wildman–Crippen LogP) is 3.68. The molecule has 5 nitrogen and oxygen atoms in total. The molecular weight excluding hydrogens is 365 g/mol. The van der Waals surface area contributed by atoms with Crippen LogP contribution < -0.4 is 10.6 Å². The van der Waals surface area contributed by atoms with Crippen molar-refractivity contribution in [2.45, 2.75) is 33.4 Å². The normalized spacial score (nSPS) is 11.5. The minimum atomic E-state index is -0.190. The lowest BCUT2D eigenvalue weighted by Crippen LogP contribution is -2.38. The molecule has 2 aromatic carbocycles. The van der Waals surface area contributed by atoms with Crippen LogP contribution in [0.5, 0.6) is 0 Å². The molecule has 0 radical (unpaired) electrons. The number of benzene rings is 2. The number of rotatable bonds is 8. The van der Waals surface area contributed by atoms with E-state index in [9.17, 15) is 4.39 Å². The fourth-order valence-corrected chi connectivity index (χ4v) is 3.18. The quantitative estimate of drug-likeness (QED) is 0.453. The van der Waals surface area contributed by atoms with Crippen LogP contribution in [0, 0.1) is 12.7 Å². The second-order valence-corrected chi connectivity index (χ2v) is 7.00. The van der Waals surface area contributed by atoms with E-state index in [0.29, 0.717) is 6.54 Å². The van der Waals surface area contributed by atoms with Crippen LogP contribution >= 0.6 is 0 Å². The number of hydrogen-bond acceptors (Lipinski definition) is 2. The van der Waals surface area contributed by atoms with E-state index < -0.39 is 0 Å². The molecule has 0 aliphatic rings. The summed E-state index contributed by atoms with van der Waals surface area (Å²) in [6, 6.07) is 13.4. The number of nitrogens with one attached hydrogen (secondary N) is 2. The van der Waals surface area contributed by atoms with E-state index in [1.165, 1.54) is 11.6 Å². The Kier molecular flexibility index (Phi) is 7.39. The highest BCUT2D eigenvalue weighted by Gasteiger charge is 2.03. The largest absolute Gasteiger partial charge is 0.357 e. The topological polar surface area (TPSA) is 54.2 Å². The summed E-state index contributed by atoms with van der Waals surface area (Å²) >= 11 is 0. The third-order valence-corrected chi connectivity index (χ3v) is 4.67. The molecule has 0 spiro atoms. The number of aliphatic imine (C=N–C) groups is 1. The molecule has 0 saturated carbocycles. The van der Waals surface area contributed by atoms with Crippen molar-refractivity contribution in [2.24, 2.45) is 4.99 Å². The SMILES string of the molecule is CCNC(=NCc1cccc(Cn2ccnc2)c1)NCCc1ccc(F)cc1C. The smallest absolute Gasteiger partial charge is 0.191 e. The molecule has 29 heavy (non-hydrogen) atoms. The third kappa shape index (κ3) is 6.45. The lowest BCUT2D eigenvalue weighted by molar-refractivity contribution is 0.625. The van der Waals surface area contributed by atoms with Crippen LogP contribution in [0.3, 0.4) is 0 Å². The molecule has 0 bridgehead atoms. The summed E-state index contributed by atoms with van der Waals surface area (Å²) in [6.07, 6.45) is 6.38. The Morgan fingerprint density at radius 1 is 1.14 bits per heavy atom. The molecule has 152 valence electrons. The number of imidazole rings is 1. The van der Waals surface area contributed by atoms with Crippen LogP contribution in [-0.2, 0) is 19.5 Å². The standard InChI is InChI=1S/C23H28FN5/c1-3-26-23(27-10-9-21-7-8-22(24)13-18(21)2)28-15-19-5-4-6-20(14-19)16-29-12-11-25-17-29/h4-8,11-14,17H,3,9-10,15-16H2,1-2H3,(H2,26,27,28). The molecule has 6 heteroatoms. The minimum Gasteiger partial charge on any atom is -0.357 e. The average molecular weight is 394 g/mol. The Bertz CT molecular complexity index is 934. The first-order valence-corrected chi connectivity index (χ1v) is 9.95. The molecule has 1 aromatic heterocycles. The maximum Gasteiger partial charge on any atom is 0.191 e. The van der Waals surface area contributed by atoms with Crippen LogP contribution in [0.15, 0.2) is 66.2 Å². The van der Waals surface area contributed by atoms with Gasteiger partial charge in [-0.15, -0.1) is 0 Å². The summed E-state index contributed by atoms with van der Waals surface area (Å²) in [5.74, 6) is 0.594. The zero-order valence-corrected chi connectivity index (χ0v) is 17.0. The van der Waals surface area contributed by atoms with Crippen molar-refractivity contribution in [3.63, 3.8) is 0 Å². The molecule has 2 N–H and O–H groups in total. The summed E-state index contributed by atoms with van der Waals surface area (Å²) < 4.78 is 15.3. The summed E-state index contributed by atoms with van der Waals surface area (Å²) in [5, 5.41) is 6.65. The highest BCUT2D eigenvalue weighted by atomic mass is 19.1. The van der Waals surface area contributed by atoms with E-state index in [-0.39, 0.29) is 5.82 Å². The first-order chi connectivity index (χ1) is 14.1. The number of aryl methyl sites for hydroxylation is 1. The van der Waals surface area contributed by atoms with Crippen molar-refractivity contribution in [3.05, 3.63) is 89.3 Å². The second-order valence-electron chi connectivity index (χ2n) is 7.00. The van der Waals surface area contributed by atoms with Crippen molar-refractivity contribution >= 4 is 5.96 Å². The molecule has 0 saturated heterocycles. The molecule has 3 rings (SSSR count). The van der Waals surface area contributed by atoms with Gasteiger partial charge in [-0.1, -0.05) is 30.3 Å². The minimum absolute atomic E-state index is 0.190. The number of aromatic nitrogens is 2. The lowest BCUT2D eigenvalue weighted by atomic mass is 10.1. The first kappa shape index (κ1) is 20.6. The fraction of sp³-hybridized carbons (Fsp3) is 0.304. The van der Waals surface area contributed by atoms with Gasteiger partial charge in [0, 0.05) is 32.0 Å². The second kappa shape index (κ2) is 10.4. The summed E-state index contributed by atoms with van der Waals surface area (Å²) in [7, 11) is 0. The van der Waals surface area contributed by atoms with Crippen LogP contribution in [0.2, 0.25) is 0 Å². The van der Waals surface area contributed by atoms with E-state index >= 15 is 0 Å². The summed E-state index contributed by atoms with van der Waals surface area (Å²) in [5.41, 5.74) is 4.50. The van der Waals surface area contributed by atoms with Crippen molar-refractivity contribution in [1.29, 1.82) is 0 Å². The van der Waals surface area contributed by atoms with Gasteiger partial charge in [0.05, 0.1) is 12.9 Å². The molecule has 0 aliphatic carbocycles. The van der Waals surface area contributed by atoms with Gasteiger partial charge >= 0.3 is 0 Å². The van der Waals surface area contributed by atoms with E-state index in [1.54, 1.807) is 12.3 Å². The first-order valence-electron chi connectivity index (χ1n) is 9.95. The number of halogens is 1. The van der Waals surface area contributed by atoms with E-state index in [0.717, 1.165) is 48.7 Å². The molecule has 0 unspecified atom stereocenters. The molecule has 0 atom stereocenters. The van der Waals surface area contributed by atoms with E-state index in [1.807, 2.05) is 37.0 Å². The van der Waals surface area contributed by atoms with Crippen molar-refractivity contribution < 1.29 is 4.39 Å². The number of hydrogen-bond donors (Lipinski definition) is 2. The Balaban J connectivity index is 1.57. The molecule has 1 heterocycles. The number of nitrogens with zero attached hydrogens (tertiary/aromatic N) is 3. The van der Waals surface area contributed by atoms with E-state index in [2.05, 4.69) is 39.9 Å². The van der Waals surface area contributed by atoms with Gasteiger partial charge in [-0.3, -0.25) is 0 Å².